The Morgan fingerprint density at radius 3 is 2.46 bits per heavy atom. The van der Waals surface area contributed by atoms with Crippen molar-refractivity contribution in [3.63, 3.8) is 0 Å². The Labute approximate surface area is 164 Å². The second-order valence-corrected chi connectivity index (χ2v) is 7.97. The van der Waals surface area contributed by atoms with E-state index in [-0.39, 0.29) is 19.0 Å². The minimum atomic E-state index is -0.519. The van der Waals surface area contributed by atoms with E-state index in [1.54, 1.807) is 11.8 Å². The molecule has 1 atom stereocenters. The van der Waals surface area contributed by atoms with Gasteiger partial charge < -0.3 is 10.8 Å². The zero-order chi connectivity index (χ0) is 16.9. The zero-order valence-electron chi connectivity index (χ0n) is 13.5. The highest BCUT2D eigenvalue weighted by Crippen LogP contribution is 2.32. The molecule has 2 nitrogen and oxygen atoms in total. The van der Waals surface area contributed by atoms with Crippen LogP contribution in [0.25, 0.3) is 0 Å². The van der Waals surface area contributed by atoms with E-state index in [9.17, 15) is 5.11 Å². The summed E-state index contributed by atoms with van der Waals surface area (Å²) in [7, 11) is 0. The molecule has 0 radical (unpaired) electrons. The van der Waals surface area contributed by atoms with E-state index >= 15 is 0 Å². The number of halogens is 3. The number of nitrogens with two attached hydrogens (primary N) is 1. The van der Waals surface area contributed by atoms with E-state index in [1.165, 1.54) is 0 Å². The molecule has 0 saturated carbocycles. The third-order valence-corrected chi connectivity index (χ3v) is 5.18. The van der Waals surface area contributed by atoms with Gasteiger partial charge >= 0.3 is 0 Å². The third-order valence-electron chi connectivity index (χ3n) is 3.61. The molecule has 0 heterocycles. The number of hydrogen-bond acceptors (Lipinski definition) is 3. The number of hydrogen-bond donors (Lipinski definition) is 2. The molecule has 3 N–H and O–H groups in total. The molecule has 2 aromatic rings. The molecule has 0 aliphatic heterocycles. The van der Waals surface area contributed by atoms with Crippen molar-refractivity contribution >= 4 is 47.4 Å². The molecule has 0 bridgehead atoms. The van der Waals surface area contributed by atoms with Crippen LogP contribution in [0.5, 0.6) is 0 Å². The highest BCUT2D eigenvalue weighted by Gasteiger charge is 2.16. The SMILES string of the molecule is C[C@](N)(CO)CCCc1ccc(Sc2cccc(Cl)c2)cc1Cl.Cl. The summed E-state index contributed by atoms with van der Waals surface area (Å²) in [4.78, 5) is 2.17. The maximum absolute atomic E-state index is 9.18. The van der Waals surface area contributed by atoms with Gasteiger partial charge in [0.25, 0.3) is 0 Å². The standard InChI is InChI=1S/C18H21Cl2NOS.ClH/c1-18(21,12-22)9-3-4-13-7-8-16(11-17(13)20)23-15-6-2-5-14(19)10-15;/h2,5-8,10-11,22H,3-4,9,12,21H2,1H3;1H/t18-;/m1./s1. The Balaban J connectivity index is 0.00000288. The lowest BCUT2D eigenvalue weighted by Crippen LogP contribution is -2.40. The first-order chi connectivity index (χ1) is 10.9. The maximum Gasteiger partial charge on any atom is 0.0608 e. The van der Waals surface area contributed by atoms with Gasteiger partial charge in [-0.15, -0.1) is 12.4 Å². The molecule has 132 valence electrons. The second kappa shape index (κ2) is 9.91. The van der Waals surface area contributed by atoms with Crippen molar-refractivity contribution in [2.45, 2.75) is 41.5 Å². The van der Waals surface area contributed by atoms with Crippen LogP contribution in [0, 0.1) is 0 Å². The minimum Gasteiger partial charge on any atom is -0.394 e. The normalized spacial score (nSPS) is 13.2. The second-order valence-electron chi connectivity index (χ2n) is 5.98. The van der Waals surface area contributed by atoms with Crippen LogP contribution in [-0.2, 0) is 6.42 Å². The fourth-order valence-corrected chi connectivity index (χ4v) is 3.73. The van der Waals surface area contributed by atoms with Crippen molar-refractivity contribution in [2.75, 3.05) is 6.61 Å². The van der Waals surface area contributed by atoms with Crippen LogP contribution in [-0.4, -0.2) is 17.3 Å². The first kappa shape index (κ1) is 21.6. The summed E-state index contributed by atoms with van der Waals surface area (Å²) in [5.74, 6) is 0. The number of aryl methyl sites for hydroxylation is 1. The largest absolute Gasteiger partial charge is 0.394 e. The first-order valence-electron chi connectivity index (χ1n) is 7.51. The number of rotatable bonds is 7. The van der Waals surface area contributed by atoms with Gasteiger partial charge in [-0.3, -0.25) is 0 Å². The van der Waals surface area contributed by atoms with Gasteiger partial charge in [-0.25, -0.2) is 0 Å². The molecule has 0 aromatic heterocycles. The van der Waals surface area contributed by atoms with Crippen LogP contribution in [0.1, 0.15) is 25.3 Å². The predicted octanol–water partition coefficient (Wildman–Crippen LogP) is 5.60. The summed E-state index contributed by atoms with van der Waals surface area (Å²) in [6.45, 7) is 1.86. The Bertz CT molecular complexity index is 664. The lowest BCUT2D eigenvalue weighted by atomic mass is 9.95. The summed E-state index contributed by atoms with van der Waals surface area (Å²) in [5, 5.41) is 10.7. The van der Waals surface area contributed by atoms with Crippen molar-refractivity contribution in [1.29, 1.82) is 0 Å². The Kier molecular flexibility index (Phi) is 8.93. The quantitative estimate of drug-likeness (QED) is 0.629. The van der Waals surface area contributed by atoms with Crippen LogP contribution in [0.2, 0.25) is 10.0 Å². The Hall–Kier alpha value is -0.420. The van der Waals surface area contributed by atoms with Gasteiger partial charge in [0.1, 0.15) is 0 Å². The molecular weight excluding hydrogens is 385 g/mol. The molecule has 0 fully saturated rings. The fourth-order valence-electron chi connectivity index (χ4n) is 2.22. The highest BCUT2D eigenvalue weighted by molar-refractivity contribution is 7.99. The summed E-state index contributed by atoms with van der Waals surface area (Å²) in [6.07, 6.45) is 2.51. The number of aliphatic hydroxyl groups excluding tert-OH is 1. The van der Waals surface area contributed by atoms with Gasteiger partial charge in [0, 0.05) is 25.4 Å². The number of benzene rings is 2. The van der Waals surface area contributed by atoms with E-state index in [0.29, 0.717) is 0 Å². The minimum absolute atomic E-state index is 0. The van der Waals surface area contributed by atoms with Crippen LogP contribution < -0.4 is 5.73 Å². The maximum atomic E-state index is 9.18. The van der Waals surface area contributed by atoms with Gasteiger partial charge in [0.2, 0.25) is 0 Å². The van der Waals surface area contributed by atoms with Crippen LogP contribution in [0.3, 0.4) is 0 Å². The average Bonchev–Trinajstić information content (AvgIpc) is 2.49. The average molecular weight is 407 g/mol. The van der Waals surface area contributed by atoms with Gasteiger partial charge in [0.15, 0.2) is 0 Å². The van der Waals surface area contributed by atoms with Gasteiger partial charge in [-0.05, 0) is 62.1 Å². The molecule has 0 amide bonds. The summed E-state index contributed by atoms with van der Waals surface area (Å²) >= 11 is 14.0. The van der Waals surface area contributed by atoms with Gasteiger partial charge in [0.05, 0.1) is 6.61 Å². The van der Waals surface area contributed by atoms with Crippen molar-refractivity contribution < 1.29 is 5.11 Å². The lowest BCUT2D eigenvalue weighted by molar-refractivity contribution is 0.198. The predicted molar refractivity (Wildman–Crippen MR) is 107 cm³/mol. The lowest BCUT2D eigenvalue weighted by Gasteiger charge is -2.21. The first-order valence-corrected chi connectivity index (χ1v) is 9.08. The van der Waals surface area contributed by atoms with E-state index in [0.717, 1.165) is 44.7 Å². The van der Waals surface area contributed by atoms with Crippen LogP contribution >= 0.6 is 47.4 Å². The van der Waals surface area contributed by atoms with Crippen molar-refractivity contribution in [1.82, 2.24) is 0 Å². The smallest absolute Gasteiger partial charge is 0.0608 e. The van der Waals surface area contributed by atoms with Crippen LogP contribution in [0.4, 0.5) is 0 Å². The Morgan fingerprint density at radius 2 is 1.83 bits per heavy atom. The molecule has 24 heavy (non-hydrogen) atoms. The zero-order valence-corrected chi connectivity index (χ0v) is 16.6. The van der Waals surface area contributed by atoms with Gasteiger partial charge in [-0.1, -0.05) is 47.1 Å². The number of aliphatic hydroxyl groups is 1. The fraction of sp³-hybridized carbons (Fsp3) is 0.333. The third kappa shape index (κ3) is 6.83. The van der Waals surface area contributed by atoms with E-state index < -0.39 is 5.54 Å². The molecular formula is C18H22Cl3NOS. The highest BCUT2D eigenvalue weighted by atomic mass is 35.5. The molecule has 2 aromatic carbocycles. The van der Waals surface area contributed by atoms with Gasteiger partial charge in [-0.2, -0.15) is 0 Å². The monoisotopic (exact) mass is 405 g/mol. The van der Waals surface area contributed by atoms with E-state index in [1.807, 2.05) is 37.3 Å². The molecule has 0 unspecified atom stereocenters. The summed E-state index contributed by atoms with van der Waals surface area (Å²) < 4.78 is 0. The van der Waals surface area contributed by atoms with Crippen molar-refractivity contribution in [2.24, 2.45) is 5.73 Å². The molecule has 0 aliphatic rings. The summed E-state index contributed by atoms with van der Waals surface area (Å²) in [5.41, 5.74) is 6.53. The molecule has 2 rings (SSSR count). The van der Waals surface area contributed by atoms with E-state index in [2.05, 4.69) is 12.1 Å². The Morgan fingerprint density at radius 1 is 1.12 bits per heavy atom. The molecule has 0 aliphatic carbocycles. The van der Waals surface area contributed by atoms with Crippen molar-refractivity contribution in [3.8, 4) is 0 Å². The topological polar surface area (TPSA) is 46.2 Å². The van der Waals surface area contributed by atoms with E-state index in [4.69, 9.17) is 28.9 Å². The van der Waals surface area contributed by atoms with Crippen molar-refractivity contribution in [3.05, 3.63) is 58.1 Å². The molecule has 0 saturated heterocycles. The van der Waals surface area contributed by atoms with Crippen LogP contribution in [0.15, 0.2) is 52.3 Å². The molecule has 0 spiro atoms. The molecule has 6 heteroatoms. The summed E-state index contributed by atoms with van der Waals surface area (Å²) in [6, 6.07) is 13.9.